The van der Waals surface area contributed by atoms with Gasteiger partial charge in [-0.1, -0.05) is 146 Å². The van der Waals surface area contributed by atoms with Gasteiger partial charge in [0.25, 0.3) is 0 Å². The Kier molecular flexibility index (Phi) is 6.29. The van der Waals surface area contributed by atoms with Crippen LogP contribution in [-0.4, -0.2) is 16.2 Å². The molecule has 0 N–H and O–H groups in total. The summed E-state index contributed by atoms with van der Waals surface area (Å²) in [5.41, 5.74) is 16.0. The van der Waals surface area contributed by atoms with Crippen LogP contribution >= 0.6 is 0 Å². The number of hydrogen-bond acceptors (Lipinski definition) is 3. The van der Waals surface area contributed by atoms with Crippen LogP contribution in [0.15, 0.2) is 203 Å². The van der Waals surface area contributed by atoms with Crippen LogP contribution in [0.4, 0.5) is 0 Å². The maximum absolute atomic E-state index is 5.26. The van der Waals surface area contributed by atoms with E-state index in [4.69, 9.17) is 15.0 Å². The second-order valence-electron chi connectivity index (χ2n) is 15.0. The summed E-state index contributed by atoms with van der Waals surface area (Å²) in [7, 11) is 0. The van der Waals surface area contributed by atoms with E-state index < -0.39 is 0 Å². The summed E-state index contributed by atoms with van der Waals surface area (Å²) in [6.45, 7) is 0. The van der Waals surface area contributed by atoms with Crippen LogP contribution in [0.1, 0.15) is 22.9 Å². The van der Waals surface area contributed by atoms with Gasteiger partial charge in [0.1, 0.15) is 6.04 Å². The summed E-state index contributed by atoms with van der Waals surface area (Å²) in [6, 6.07) is 35.1. The quantitative estimate of drug-likeness (QED) is 0.174. The normalized spacial score (nSPS) is 23.0. The third-order valence-corrected chi connectivity index (χ3v) is 12.3. The molecule has 0 fully saturated rings. The highest BCUT2D eigenvalue weighted by Gasteiger charge is 2.42. The standard InChI is InChI=1S/C51H33N3/c1-2-9-37-30(7-1)17-26-43-48(37)42-10-3-4-12-45(42)54-49(43)34-15-13-31(14-16-34)36-22-18-32-21-25-40-38(23-19-33-20-24-39(36)46(32)47(33)40)44-29-35-8-5-27-52-50(35)51-41(44)11-6-28-53-51/h1-29,35,46-47,50H. The molecule has 6 aliphatic rings. The SMILES string of the molecule is C1=CC2C=C(C3=CC=C4C=CC5=C(c6ccc(-c7nc8ccccc8c8c7ccc7ccccc78)cc6)C=CC6=CC=C3C4C65)c3cccnc3C2N=C1. The summed E-state index contributed by atoms with van der Waals surface area (Å²) in [5, 5.41) is 6.15. The maximum atomic E-state index is 5.26. The molecular formula is C51H33N3. The second kappa shape index (κ2) is 11.4. The molecule has 0 bridgehead atoms. The second-order valence-corrected chi connectivity index (χ2v) is 15.0. The van der Waals surface area contributed by atoms with Gasteiger partial charge in [-0.15, -0.1) is 0 Å². The lowest BCUT2D eigenvalue weighted by Crippen LogP contribution is -2.31. The predicted molar refractivity (Wildman–Crippen MR) is 223 cm³/mol. The van der Waals surface area contributed by atoms with Gasteiger partial charge in [0.2, 0.25) is 0 Å². The summed E-state index contributed by atoms with van der Waals surface area (Å²) in [4.78, 5) is 15.0. The molecule has 6 aromatic rings. The highest BCUT2D eigenvalue weighted by atomic mass is 14.9. The van der Waals surface area contributed by atoms with E-state index in [0.29, 0.717) is 0 Å². The molecule has 0 amide bonds. The number of nitrogens with zero attached hydrogens (tertiary/aromatic N) is 3. The van der Waals surface area contributed by atoms with Crippen molar-refractivity contribution >= 4 is 49.8 Å². The summed E-state index contributed by atoms with van der Waals surface area (Å²) in [6.07, 6.45) is 29.4. The molecule has 12 rings (SSSR count). The van der Waals surface area contributed by atoms with E-state index in [-0.39, 0.29) is 23.8 Å². The molecule has 1 aliphatic heterocycles. The van der Waals surface area contributed by atoms with Crippen molar-refractivity contribution in [2.75, 3.05) is 0 Å². The van der Waals surface area contributed by atoms with Gasteiger partial charge in [-0.25, -0.2) is 4.98 Å². The van der Waals surface area contributed by atoms with E-state index in [0.717, 1.165) is 22.5 Å². The fourth-order valence-electron chi connectivity index (χ4n) is 9.86. The molecule has 0 saturated carbocycles. The predicted octanol–water partition coefficient (Wildman–Crippen LogP) is 11.9. The minimum atomic E-state index is 0.0391. The number of rotatable bonds is 3. The summed E-state index contributed by atoms with van der Waals surface area (Å²) in [5.74, 6) is 0.712. The first-order chi connectivity index (χ1) is 26.8. The molecule has 252 valence electrons. The molecule has 0 radical (unpaired) electrons. The number of aromatic nitrogens is 2. The molecule has 0 spiro atoms. The van der Waals surface area contributed by atoms with Crippen LogP contribution in [0.25, 0.3) is 54.9 Å². The van der Waals surface area contributed by atoms with E-state index in [1.807, 2.05) is 12.4 Å². The molecule has 5 aliphatic carbocycles. The van der Waals surface area contributed by atoms with Gasteiger partial charge in [0.15, 0.2) is 0 Å². The first-order valence-corrected chi connectivity index (χ1v) is 18.9. The van der Waals surface area contributed by atoms with Crippen molar-refractivity contribution < 1.29 is 0 Å². The third-order valence-electron chi connectivity index (χ3n) is 12.3. The molecular weight excluding hydrogens is 655 g/mol. The Morgan fingerprint density at radius 1 is 0.593 bits per heavy atom. The van der Waals surface area contributed by atoms with Crippen molar-refractivity contribution in [3.05, 3.63) is 215 Å². The van der Waals surface area contributed by atoms with Crippen molar-refractivity contribution in [3.63, 3.8) is 0 Å². The van der Waals surface area contributed by atoms with Crippen molar-refractivity contribution in [1.82, 2.24) is 9.97 Å². The van der Waals surface area contributed by atoms with Crippen LogP contribution in [0.3, 0.4) is 0 Å². The number of para-hydroxylation sites is 1. The van der Waals surface area contributed by atoms with E-state index in [1.54, 1.807) is 0 Å². The van der Waals surface area contributed by atoms with Gasteiger partial charge >= 0.3 is 0 Å². The van der Waals surface area contributed by atoms with Gasteiger partial charge in [-0.05, 0) is 73.6 Å². The molecule has 4 aromatic carbocycles. The Bertz CT molecular complexity index is 2970. The molecule has 0 saturated heterocycles. The van der Waals surface area contributed by atoms with Gasteiger partial charge in [-0.3, -0.25) is 9.98 Å². The maximum Gasteiger partial charge on any atom is 0.102 e. The highest BCUT2D eigenvalue weighted by molar-refractivity contribution is 6.22. The van der Waals surface area contributed by atoms with E-state index in [1.165, 1.54) is 77.1 Å². The smallest absolute Gasteiger partial charge is 0.102 e. The monoisotopic (exact) mass is 687 g/mol. The van der Waals surface area contributed by atoms with E-state index >= 15 is 0 Å². The lowest BCUT2D eigenvalue weighted by atomic mass is 9.60. The zero-order chi connectivity index (χ0) is 35.3. The Morgan fingerprint density at radius 3 is 2.35 bits per heavy atom. The first-order valence-electron chi connectivity index (χ1n) is 18.9. The van der Waals surface area contributed by atoms with Crippen LogP contribution in [0.5, 0.6) is 0 Å². The lowest BCUT2D eigenvalue weighted by molar-refractivity contribution is 0.561. The lowest BCUT2D eigenvalue weighted by Gasteiger charge is -2.43. The summed E-state index contributed by atoms with van der Waals surface area (Å²) >= 11 is 0. The Labute approximate surface area is 313 Å². The molecule has 2 aromatic heterocycles. The highest BCUT2D eigenvalue weighted by Crippen LogP contribution is 2.55. The van der Waals surface area contributed by atoms with Crippen molar-refractivity contribution in [3.8, 4) is 11.3 Å². The number of pyridine rings is 2. The molecule has 3 heterocycles. The Morgan fingerprint density at radius 2 is 1.41 bits per heavy atom. The van der Waals surface area contributed by atoms with Gasteiger partial charge < -0.3 is 0 Å². The van der Waals surface area contributed by atoms with Crippen molar-refractivity contribution in [2.24, 2.45) is 22.7 Å². The van der Waals surface area contributed by atoms with Crippen molar-refractivity contribution in [1.29, 1.82) is 0 Å². The average Bonchev–Trinajstić information content (AvgIpc) is 3.24. The zero-order valence-electron chi connectivity index (χ0n) is 29.4. The number of fused-ring (bicyclic) bond motifs is 8. The summed E-state index contributed by atoms with van der Waals surface area (Å²) < 4.78 is 0. The topological polar surface area (TPSA) is 38.1 Å². The van der Waals surface area contributed by atoms with Crippen LogP contribution in [0.2, 0.25) is 0 Å². The minimum Gasteiger partial charge on any atom is -0.282 e. The number of dihydropyridines is 1. The Hall–Kier alpha value is -6.71. The average molecular weight is 688 g/mol. The van der Waals surface area contributed by atoms with E-state index in [9.17, 15) is 0 Å². The van der Waals surface area contributed by atoms with Crippen LogP contribution in [-0.2, 0) is 0 Å². The fraction of sp³-hybridized carbons (Fsp3) is 0.0784. The molecule has 4 unspecified atom stereocenters. The zero-order valence-corrected chi connectivity index (χ0v) is 29.4. The third kappa shape index (κ3) is 4.27. The van der Waals surface area contributed by atoms with E-state index in [2.05, 4.69) is 164 Å². The number of aliphatic imine (C=N–C) groups is 1. The van der Waals surface area contributed by atoms with Gasteiger partial charge in [0.05, 0.1) is 16.9 Å². The minimum absolute atomic E-state index is 0.0391. The molecule has 4 atom stereocenters. The van der Waals surface area contributed by atoms with Crippen molar-refractivity contribution in [2.45, 2.75) is 6.04 Å². The first kappa shape index (κ1) is 29.8. The van der Waals surface area contributed by atoms with Gasteiger partial charge in [-0.2, -0.15) is 0 Å². The molecule has 3 nitrogen and oxygen atoms in total. The number of hydrogen-bond donors (Lipinski definition) is 0. The largest absolute Gasteiger partial charge is 0.282 e. The molecule has 3 heteroatoms. The molecule has 54 heavy (non-hydrogen) atoms. The Balaban J connectivity index is 0.942. The fourth-order valence-corrected chi connectivity index (χ4v) is 9.86. The number of allylic oxidation sites excluding steroid dienone is 16. The van der Waals surface area contributed by atoms with Gasteiger partial charge in [0, 0.05) is 57.5 Å². The van der Waals surface area contributed by atoms with Crippen LogP contribution in [0, 0.1) is 17.8 Å². The van der Waals surface area contributed by atoms with Crippen LogP contribution < -0.4 is 0 Å². The number of benzene rings is 4.